The zero-order chi connectivity index (χ0) is 15.1. The lowest BCUT2D eigenvalue weighted by Crippen LogP contribution is -2.27. The first-order valence-electron chi connectivity index (χ1n) is 7.57. The molecule has 3 aliphatic rings. The van der Waals surface area contributed by atoms with Gasteiger partial charge in [0.15, 0.2) is 0 Å². The third-order valence-corrected chi connectivity index (χ3v) is 4.80. The molecular formula is C18H16N2O2. The Kier molecular flexibility index (Phi) is 3.03. The molecule has 4 atom stereocenters. The van der Waals surface area contributed by atoms with Crippen LogP contribution in [-0.2, 0) is 9.59 Å². The minimum absolute atomic E-state index is 0.142. The first-order valence-corrected chi connectivity index (χ1v) is 7.57. The van der Waals surface area contributed by atoms with Gasteiger partial charge in [0, 0.05) is 6.21 Å². The number of rotatable bonds is 3. The average Bonchev–Trinajstić information content (AvgIpc) is 3.21. The standard InChI is InChI=1S/C18H16N2O2/c21-17-15-13-8-9-14(11-13)16(15)18(22)20(17)19-10-4-7-12-5-2-1-3-6-12/h1-10,13-16H,11H2/b7-4+,19-10-/t13-,14-,15-,16+/m0/s1. The summed E-state index contributed by atoms with van der Waals surface area (Å²) in [7, 11) is 0. The van der Waals surface area contributed by atoms with Crippen molar-refractivity contribution in [1.29, 1.82) is 0 Å². The number of benzene rings is 1. The minimum atomic E-state index is -0.183. The highest BCUT2D eigenvalue weighted by molar-refractivity contribution is 6.06. The van der Waals surface area contributed by atoms with Gasteiger partial charge in [0.25, 0.3) is 11.8 Å². The van der Waals surface area contributed by atoms with Crippen LogP contribution in [0.2, 0.25) is 0 Å². The molecular weight excluding hydrogens is 276 g/mol. The van der Waals surface area contributed by atoms with Crippen molar-refractivity contribution in [2.24, 2.45) is 28.8 Å². The van der Waals surface area contributed by atoms with Gasteiger partial charge in [0.05, 0.1) is 11.8 Å². The van der Waals surface area contributed by atoms with Crippen molar-refractivity contribution in [2.75, 3.05) is 0 Å². The molecule has 1 aliphatic heterocycles. The Labute approximate surface area is 128 Å². The van der Waals surface area contributed by atoms with Crippen LogP contribution in [0.15, 0.2) is 53.7 Å². The Morgan fingerprint density at radius 2 is 1.64 bits per heavy atom. The van der Waals surface area contributed by atoms with Gasteiger partial charge in [-0.2, -0.15) is 10.1 Å². The molecule has 1 aromatic rings. The molecule has 4 rings (SSSR count). The first-order chi connectivity index (χ1) is 10.8. The molecule has 0 aromatic heterocycles. The summed E-state index contributed by atoms with van der Waals surface area (Å²) in [5.74, 6) is -0.194. The van der Waals surface area contributed by atoms with Crippen molar-refractivity contribution in [3.8, 4) is 0 Å². The predicted molar refractivity (Wildman–Crippen MR) is 83.5 cm³/mol. The van der Waals surface area contributed by atoms with Crippen molar-refractivity contribution in [3.05, 3.63) is 54.1 Å². The van der Waals surface area contributed by atoms with Crippen molar-refractivity contribution in [3.63, 3.8) is 0 Å². The lowest BCUT2D eigenvalue weighted by atomic mass is 9.85. The van der Waals surface area contributed by atoms with E-state index in [0.29, 0.717) is 0 Å². The van der Waals surface area contributed by atoms with Crippen LogP contribution in [0.25, 0.3) is 6.08 Å². The van der Waals surface area contributed by atoms with Crippen LogP contribution in [0.5, 0.6) is 0 Å². The molecule has 1 saturated heterocycles. The number of carbonyl (C=O) groups is 2. The van der Waals surface area contributed by atoms with Crippen LogP contribution in [-0.4, -0.2) is 23.0 Å². The second-order valence-electron chi connectivity index (χ2n) is 6.02. The molecule has 1 heterocycles. The molecule has 1 saturated carbocycles. The van der Waals surface area contributed by atoms with E-state index in [1.165, 1.54) is 6.21 Å². The number of carbonyl (C=O) groups excluding carboxylic acids is 2. The fourth-order valence-corrected chi connectivity index (χ4v) is 3.82. The van der Waals surface area contributed by atoms with E-state index in [1.807, 2.05) is 36.4 Å². The Hall–Kier alpha value is -2.49. The summed E-state index contributed by atoms with van der Waals surface area (Å²) < 4.78 is 0. The van der Waals surface area contributed by atoms with Crippen LogP contribution in [0, 0.1) is 23.7 Å². The highest BCUT2D eigenvalue weighted by Gasteiger charge is 2.59. The van der Waals surface area contributed by atoms with Gasteiger partial charge in [-0.15, -0.1) is 0 Å². The quantitative estimate of drug-likeness (QED) is 0.488. The molecule has 0 N–H and O–H groups in total. The molecule has 0 radical (unpaired) electrons. The smallest absolute Gasteiger partial charge is 0.254 e. The van der Waals surface area contributed by atoms with Gasteiger partial charge in [-0.05, 0) is 29.9 Å². The summed E-state index contributed by atoms with van der Waals surface area (Å²) in [6.07, 6.45) is 10.3. The zero-order valence-electron chi connectivity index (χ0n) is 12.0. The molecule has 2 fully saturated rings. The van der Waals surface area contributed by atoms with Crippen molar-refractivity contribution >= 4 is 24.1 Å². The summed E-state index contributed by atoms with van der Waals surface area (Å²) in [6, 6.07) is 9.81. The van der Waals surface area contributed by atoms with Gasteiger partial charge < -0.3 is 0 Å². The van der Waals surface area contributed by atoms with E-state index in [2.05, 4.69) is 17.3 Å². The molecule has 110 valence electrons. The maximum atomic E-state index is 12.4. The topological polar surface area (TPSA) is 49.7 Å². The average molecular weight is 292 g/mol. The van der Waals surface area contributed by atoms with Gasteiger partial charge in [0.1, 0.15) is 0 Å². The van der Waals surface area contributed by atoms with Crippen LogP contribution in [0.4, 0.5) is 0 Å². The number of hydrogen-bond donors (Lipinski definition) is 0. The highest BCUT2D eigenvalue weighted by Crippen LogP contribution is 2.52. The number of allylic oxidation sites excluding steroid dienone is 3. The van der Waals surface area contributed by atoms with E-state index in [0.717, 1.165) is 17.0 Å². The number of hydrogen-bond acceptors (Lipinski definition) is 3. The fraction of sp³-hybridized carbons (Fsp3) is 0.278. The third-order valence-electron chi connectivity index (χ3n) is 4.80. The Balaban J connectivity index is 1.48. The number of imide groups is 1. The Bertz CT molecular complexity index is 675. The normalized spacial score (nSPS) is 32.8. The number of hydrazone groups is 1. The summed E-state index contributed by atoms with van der Waals surface area (Å²) in [5.41, 5.74) is 1.05. The molecule has 2 bridgehead atoms. The van der Waals surface area contributed by atoms with Gasteiger partial charge in [0.2, 0.25) is 0 Å². The van der Waals surface area contributed by atoms with Crippen LogP contribution < -0.4 is 0 Å². The minimum Gasteiger partial charge on any atom is -0.272 e. The summed E-state index contributed by atoms with van der Waals surface area (Å²) >= 11 is 0. The second kappa shape index (κ2) is 5.05. The van der Waals surface area contributed by atoms with E-state index < -0.39 is 0 Å². The lowest BCUT2D eigenvalue weighted by Gasteiger charge is -2.13. The third kappa shape index (κ3) is 1.95. The van der Waals surface area contributed by atoms with Crippen molar-refractivity contribution in [2.45, 2.75) is 6.42 Å². The van der Waals surface area contributed by atoms with E-state index in [4.69, 9.17) is 0 Å². The van der Waals surface area contributed by atoms with E-state index >= 15 is 0 Å². The number of fused-ring (bicyclic) bond motifs is 5. The number of amides is 2. The second-order valence-corrected chi connectivity index (χ2v) is 6.02. The number of nitrogens with zero attached hydrogens (tertiary/aromatic N) is 2. The SMILES string of the molecule is O=C1[C@@H]2[C@H](C(=O)N1/N=C\C=C\c1ccccc1)[C@H]1C=C[C@H]2C1. The summed E-state index contributed by atoms with van der Waals surface area (Å²) in [5, 5.41) is 5.14. The maximum Gasteiger partial charge on any atom is 0.254 e. The first kappa shape index (κ1) is 13.2. The van der Waals surface area contributed by atoms with Gasteiger partial charge >= 0.3 is 0 Å². The van der Waals surface area contributed by atoms with Gasteiger partial charge in [-0.25, -0.2) is 0 Å². The molecule has 0 spiro atoms. The van der Waals surface area contributed by atoms with E-state index in [-0.39, 0.29) is 35.5 Å². The fourth-order valence-electron chi connectivity index (χ4n) is 3.82. The predicted octanol–water partition coefficient (Wildman–Crippen LogP) is 2.49. The largest absolute Gasteiger partial charge is 0.272 e. The summed E-state index contributed by atoms with van der Waals surface area (Å²) in [4.78, 5) is 24.8. The molecule has 0 unspecified atom stereocenters. The molecule has 2 amide bonds. The molecule has 4 heteroatoms. The van der Waals surface area contributed by atoms with Crippen LogP contribution in [0.1, 0.15) is 12.0 Å². The summed E-state index contributed by atoms with van der Waals surface area (Å²) in [6.45, 7) is 0. The van der Waals surface area contributed by atoms with Gasteiger partial charge in [-0.3, -0.25) is 9.59 Å². The van der Waals surface area contributed by atoms with Crippen LogP contribution in [0.3, 0.4) is 0 Å². The maximum absolute atomic E-state index is 12.4. The van der Waals surface area contributed by atoms with Gasteiger partial charge in [-0.1, -0.05) is 48.6 Å². The van der Waals surface area contributed by atoms with E-state index in [1.54, 1.807) is 6.08 Å². The highest BCUT2D eigenvalue weighted by atomic mass is 16.2. The Morgan fingerprint density at radius 1 is 1.00 bits per heavy atom. The molecule has 4 nitrogen and oxygen atoms in total. The molecule has 22 heavy (non-hydrogen) atoms. The monoisotopic (exact) mass is 292 g/mol. The molecule has 2 aliphatic carbocycles. The molecule has 1 aromatic carbocycles. The lowest BCUT2D eigenvalue weighted by molar-refractivity contribution is -0.140. The zero-order valence-corrected chi connectivity index (χ0v) is 12.0. The van der Waals surface area contributed by atoms with Crippen LogP contribution >= 0.6 is 0 Å². The van der Waals surface area contributed by atoms with Crippen molar-refractivity contribution in [1.82, 2.24) is 5.01 Å². The van der Waals surface area contributed by atoms with Crippen molar-refractivity contribution < 1.29 is 9.59 Å². The van der Waals surface area contributed by atoms with E-state index in [9.17, 15) is 9.59 Å². The Morgan fingerprint density at radius 3 is 2.27 bits per heavy atom.